The zero-order valence-electron chi connectivity index (χ0n) is 40.0. The summed E-state index contributed by atoms with van der Waals surface area (Å²) in [6, 6.07) is 28.5. The molecule has 0 radical (unpaired) electrons. The molecule has 0 saturated carbocycles. The van der Waals surface area contributed by atoms with Gasteiger partial charge in [0.2, 0.25) is 5.69 Å². The van der Waals surface area contributed by atoms with Crippen molar-refractivity contribution in [1.29, 1.82) is 36.8 Å². The average molecular weight is 1290 g/mol. The Morgan fingerprint density at radius 3 is 1.57 bits per heavy atom. The summed E-state index contributed by atoms with van der Waals surface area (Å²) in [6.07, 6.45) is 16.8. The van der Waals surface area contributed by atoms with E-state index in [4.69, 9.17) is 43.4 Å². The van der Waals surface area contributed by atoms with Gasteiger partial charge >= 0.3 is 0 Å². The van der Waals surface area contributed by atoms with Crippen molar-refractivity contribution in [3.8, 4) is 42.5 Å². The first kappa shape index (κ1) is 63.1. The molecule has 360 valence electrons. The van der Waals surface area contributed by atoms with Gasteiger partial charge in [-0.2, -0.15) is 36.8 Å². The molecule has 0 fully saturated rings. The molecule has 5 aromatic rings. The number of aryl methyl sites for hydroxylation is 2. The molecule has 5 heterocycles. The maximum atomic E-state index is 8.51. The number of halogens is 5. The first-order chi connectivity index (χ1) is 34.2. The lowest BCUT2D eigenvalue weighted by molar-refractivity contribution is 1.18. The second-order valence-electron chi connectivity index (χ2n) is 14.9. The Balaban J connectivity index is 0.000000412. The minimum atomic E-state index is 0.443. The van der Waals surface area contributed by atoms with E-state index in [9.17, 15) is 0 Å². The fourth-order valence-corrected chi connectivity index (χ4v) is 7.55. The highest BCUT2D eigenvalue weighted by atomic mass is 79.9. The lowest BCUT2D eigenvalue weighted by Crippen LogP contribution is -1.85. The summed E-state index contributed by atoms with van der Waals surface area (Å²) in [5.74, 6) is 0. The Bertz CT molecular complexity index is 3160. The van der Waals surface area contributed by atoms with Crippen molar-refractivity contribution in [2.45, 2.75) is 67.7 Å². The second kappa shape index (κ2) is 35.2. The monoisotopic (exact) mass is 1290 g/mol. The van der Waals surface area contributed by atoms with Gasteiger partial charge in [-0.25, -0.2) is 19.8 Å². The van der Waals surface area contributed by atoms with E-state index < -0.39 is 0 Å². The summed E-state index contributed by atoms with van der Waals surface area (Å²) in [4.78, 5) is 19.3. The number of allylic oxidation sites excluding steroid dienone is 12. The van der Waals surface area contributed by atoms with Crippen LogP contribution in [0.3, 0.4) is 0 Å². The molecule has 12 nitrogen and oxygen atoms in total. The van der Waals surface area contributed by atoms with Crippen LogP contribution in [0.15, 0.2) is 164 Å². The molecule has 0 unspecified atom stereocenters. The van der Waals surface area contributed by atoms with Crippen molar-refractivity contribution in [2.75, 3.05) is 0 Å². The summed E-state index contributed by atoms with van der Waals surface area (Å²) >= 11 is 17.6. The SMILES string of the molecule is CC1=C(C)CC(C#N)=C1.CC1=CC(C)=C(C#N)C1.CC1=CC=C(C#N)C1.Cc1cc(Br)cnc1C#N.Cc1cc(C#N)ncc1Br.N#Cc1ccc(Br)cn1.N#Cc1ccc(Br)s1.[C-]#[N+]c1ccc(Br)nc1. The van der Waals surface area contributed by atoms with E-state index in [0.29, 0.717) is 22.8 Å². The Labute approximate surface area is 468 Å². The molecule has 0 N–H and O–H groups in total. The van der Waals surface area contributed by atoms with Crippen LogP contribution in [-0.2, 0) is 0 Å². The molecule has 0 spiro atoms. The molecule has 18 heteroatoms. The normalized spacial score (nSPS) is 11.8. The largest absolute Gasteiger partial charge is 0.261 e. The molecular formula is C54H43Br5N12S. The minimum absolute atomic E-state index is 0.443. The zero-order valence-corrected chi connectivity index (χ0v) is 48.8. The van der Waals surface area contributed by atoms with Crippen molar-refractivity contribution in [1.82, 2.24) is 19.9 Å². The number of hydrogen-bond acceptors (Lipinski definition) is 12. The third-order valence-corrected chi connectivity index (χ3v) is 12.8. The van der Waals surface area contributed by atoms with Gasteiger partial charge in [0.15, 0.2) is 0 Å². The molecule has 0 atom stereocenters. The molecule has 8 rings (SSSR count). The maximum absolute atomic E-state index is 8.51. The highest BCUT2D eigenvalue weighted by Gasteiger charge is 2.08. The number of thiophene rings is 1. The fourth-order valence-electron chi connectivity index (χ4n) is 5.23. The molecule has 5 aromatic heterocycles. The topological polar surface area (TPSA) is 222 Å². The van der Waals surface area contributed by atoms with Crippen LogP contribution in [0, 0.1) is 99.7 Å². The lowest BCUT2D eigenvalue weighted by Gasteiger charge is -1.94. The Hall–Kier alpha value is -6.94. The number of nitriles is 7. The van der Waals surface area contributed by atoms with Crippen LogP contribution >= 0.6 is 91.0 Å². The van der Waals surface area contributed by atoms with Crippen molar-refractivity contribution >= 4 is 96.7 Å². The van der Waals surface area contributed by atoms with Crippen LogP contribution in [0.5, 0.6) is 0 Å². The number of aromatic nitrogens is 4. The first-order valence-electron chi connectivity index (χ1n) is 20.8. The van der Waals surface area contributed by atoms with Gasteiger partial charge in [0, 0.05) is 74.2 Å². The quantitative estimate of drug-likeness (QED) is 0.105. The molecule has 3 aliphatic carbocycles. The maximum Gasteiger partial charge on any atom is 0.205 e. The van der Waals surface area contributed by atoms with Crippen LogP contribution in [0.2, 0.25) is 0 Å². The molecule has 0 amide bonds. The van der Waals surface area contributed by atoms with Gasteiger partial charge in [0.25, 0.3) is 0 Å². The van der Waals surface area contributed by atoms with Crippen molar-refractivity contribution < 1.29 is 0 Å². The second-order valence-corrected chi connectivity index (χ2v) is 20.8. The molecular weight excluding hydrogens is 1250 g/mol. The van der Waals surface area contributed by atoms with Crippen LogP contribution in [0.4, 0.5) is 5.69 Å². The van der Waals surface area contributed by atoms with Crippen LogP contribution in [-0.4, -0.2) is 19.9 Å². The van der Waals surface area contributed by atoms with E-state index in [0.717, 1.165) is 79.4 Å². The Morgan fingerprint density at radius 2 is 1.21 bits per heavy atom. The molecule has 0 saturated heterocycles. The van der Waals surface area contributed by atoms with Crippen LogP contribution in [0.1, 0.15) is 87.0 Å². The predicted molar refractivity (Wildman–Crippen MR) is 300 cm³/mol. The van der Waals surface area contributed by atoms with Crippen molar-refractivity contribution in [3.63, 3.8) is 0 Å². The molecule has 72 heavy (non-hydrogen) atoms. The molecule has 0 aromatic carbocycles. The van der Waals surface area contributed by atoms with E-state index in [2.05, 4.69) is 136 Å². The number of nitrogens with zero attached hydrogens (tertiary/aromatic N) is 12. The average Bonchev–Trinajstić information content (AvgIpc) is 4.17. The van der Waals surface area contributed by atoms with E-state index in [1.807, 2.05) is 96.2 Å². The van der Waals surface area contributed by atoms with Crippen LogP contribution in [0.25, 0.3) is 4.85 Å². The van der Waals surface area contributed by atoms with Gasteiger partial charge in [0.05, 0.1) is 28.6 Å². The summed E-state index contributed by atoms with van der Waals surface area (Å²) in [5.41, 5.74) is 12.9. The Kier molecular flexibility index (Phi) is 30.8. The van der Waals surface area contributed by atoms with E-state index in [-0.39, 0.29) is 0 Å². The van der Waals surface area contributed by atoms with Gasteiger partial charge in [-0.3, -0.25) is 4.98 Å². The van der Waals surface area contributed by atoms with Gasteiger partial charge in [-0.05, 0) is 199 Å². The summed E-state index contributed by atoms with van der Waals surface area (Å²) in [5, 5.41) is 58.8. The first-order valence-corrected chi connectivity index (χ1v) is 25.6. The van der Waals surface area contributed by atoms with Gasteiger partial charge < -0.3 is 0 Å². The van der Waals surface area contributed by atoms with Crippen molar-refractivity contribution in [2.24, 2.45) is 0 Å². The van der Waals surface area contributed by atoms with Gasteiger partial charge in [0.1, 0.15) is 50.8 Å². The third kappa shape index (κ3) is 25.8. The number of hydrogen-bond donors (Lipinski definition) is 0. The zero-order chi connectivity index (χ0) is 54.2. The van der Waals surface area contributed by atoms with Gasteiger partial charge in [-0.1, -0.05) is 40.5 Å². The molecule has 0 bridgehead atoms. The molecule has 0 aliphatic heterocycles. The fraction of sp³-hybridized carbons (Fsp3) is 0.185. The lowest BCUT2D eigenvalue weighted by atomic mass is 10.2. The van der Waals surface area contributed by atoms with E-state index in [1.54, 1.807) is 55.0 Å². The highest BCUT2D eigenvalue weighted by Crippen LogP contribution is 2.25. The Morgan fingerprint density at radius 1 is 0.542 bits per heavy atom. The third-order valence-electron chi connectivity index (χ3n) is 9.05. The number of pyridine rings is 4. The smallest absolute Gasteiger partial charge is 0.205 e. The standard InChI is InChI=1S/2C8H9N.2C7H5BrN2.C7H7N.2C6H3BrN2.C5H2BrNS/c1-6-3-8(5-9)4-7(6)2;1-6-3-7(2)8(4-6)5-9;1-5-2-6(8)4-10-7(5)3-9;1-5-2-6(3-9)10-4-7(5)8;1-6-2-3-7(4-6)5-8;1-8-5-2-3-6(7)9-4-5;7-5-1-2-6(3-8)9-4-5;6-5-2-1-4(3-7)8-5/h2*3H,4H2,1-2H3;2*2,4H,1H3;2-3H,4H2,1H3;2-4H;1-2,4H;1-2H. The molecule has 3 aliphatic rings. The van der Waals surface area contributed by atoms with E-state index >= 15 is 0 Å². The highest BCUT2D eigenvalue weighted by molar-refractivity contribution is 9.11. The summed E-state index contributed by atoms with van der Waals surface area (Å²) < 4.78 is 4.50. The summed E-state index contributed by atoms with van der Waals surface area (Å²) in [6.45, 7) is 20.5. The minimum Gasteiger partial charge on any atom is -0.261 e. The van der Waals surface area contributed by atoms with Crippen LogP contribution < -0.4 is 0 Å². The predicted octanol–water partition coefficient (Wildman–Crippen LogP) is 16.7. The number of rotatable bonds is 0. The van der Waals surface area contributed by atoms with E-state index in [1.165, 1.54) is 39.8 Å². The summed E-state index contributed by atoms with van der Waals surface area (Å²) in [7, 11) is 0. The van der Waals surface area contributed by atoms with Gasteiger partial charge in [-0.15, -0.1) is 11.3 Å². The van der Waals surface area contributed by atoms with Crippen molar-refractivity contribution in [3.05, 3.63) is 209 Å².